The van der Waals surface area contributed by atoms with Gasteiger partial charge in [0.1, 0.15) is 11.9 Å². The van der Waals surface area contributed by atoms with Crippen molar-refractivity contribution in [3.05, 3.63) is 47.7 Å². The van der Waals surface area contributed by atoms with Crippen LogP contribution in [0.2, 0.25) is 0 Å². The normalized spacial score (nSPS) is 23.6. The van der Waals surface area contributed by atoms with Crippen molar-refractivity contribution < 1.29 is 24.0 Å². The predicted octanol–water partition coefficient (Wildman–Crippen LogP) is 2.26. The van der Waals surface area contributed by atoms with Crippen LogP contribution in [0.25, 0.3) is 0 Å². The molecule has 0 bridgehead atoms. The summed E-state index contributed by atoms with van der Waals surface area (Å²) < 4.78 is 0. The Morgan fingerprint density at radius 3 is 2.29 bits per heavy atom. The molecule has 1 atom stereocenters. The fraction of sp³-hybridized carbons (Fsp3) is 0.515. The maximum Gasteiger partial charge on any atom is 0.262 e. The molecule has 2 aromatic rings. The lowest BCUT2D eigenvalue weighted by atomic mass is 9.71. The second-order valence-corrected chi connectivity index (χ2v) is 13.3. The second-order valence-electron chi connectivity index (χ2n) is 13.3. The van der Waals surface area contributed by atoms with Crippen LogP contribution in [0.5, 0.6) is 0 Å². The lowest BCUT2D eigenvalue weighted by Gasteiger charge is -2.54. The van der Waals surface area contributed by atoms with E-state index in [2.05, 4.69) is 30.3 Å². The van der Waals surface area contributed by atoms with Gasteiger partial charge in [0.2, 0.25) is 18.2 Å². The van der Waals surface area contributed by atoms with Gasteiger partial charge in [0.25, 0.3) is 11.8 Å². The Morgan fingerprint density at radius 1 is 0.889 bits per heavy atom. The monoisotopic (exact) mass is 613 g/mol. The number of rotatable bonds is 8. The average molecular weight is 614 g/mol. The van der Waals surface area contributed by atoms with Gasteiger partial charge in [-0.1, -0.05) is 0 Å². The van der Waals surface area contributed by atoms with Crippen LogP contribution in [0.4, 0.5) is 17.2 Å². The first-order chi connectivity index (χ1) is 21.8. The number of nitrogens with one attached hydrogen (secondary N) is 2. The summed E-state index contributed by atoms with van der Waals surface area (Å²) in [5, 5.41) is 4.83. The zero-order valence-corrected chi connectivity index (χ0v) is 25.4. The minimum Gasteiger partial charge on any atom is -0.371 e. The molecule has 0 radical (unpaired) electrons. The van der Waals surface area contributed by atoms with Crippen molar-refractivity contribution in [2.24, 2.45) is 11.3 Å². The number of benzene rings is 1. The molecule has 5 aliphatic heterocycles. The van der Waals surface area contributed by atoms with Crippen LogP contribution < -0.4 is 20.4 Å². The Balaban J connectivity index is 0.861. The average Bonchev–Trinajstić information content (AvgIpc) is 3.28. The number of imide groups is 2. The fourth-order valence-electron chi connectivity index (χ4n) is 7.84. The van der Waals surface area contributed by atoms with Crippen molar-refractivity contribution in [2.75, 3.05) is 60.9 Å². The molecule has 12 nitrogen and oxygen atoms in total. The molecule has 12 heteroatoms. The van der Waals surface area contributed by atoms with Crippen LogP contribution in [0.3, 0.4) is 0 Å². The van der Waals surface area contributed by atoms with E-state index in [4.69, 9.17) is 0 Å². The molecule has 1 aromatic carbocycles. The molecule has 0 saturated carbocycles. The van der Waals surface area contributed by atoms with Crippen LogP contribution >= 0.6 is 0 Å². The molecule has 6 heterocycles. The third kappa shape index (κ3) is 5.67. The summed E-state index contributed by atoms with van der Waals surface area (Å²) in [4.78, 5) is 73.4. The van der Waals surface area contributed by atoms with Gasteiger partial charge >= 0.3 is 0 Å². The van der Waals surface area contributed by atoms with E-state index >= 15 is 0 Å². The molecular weight excluding hydrogens is 574 g/mol. The Labute approximate surface area is 262 Å². The molecule has 45 heavy (non-hydrogen) atoms. The number of nitrogens with zero attached hydrogens (tertiary/aromatic N) is 5. The molecule has 1 spiro atoms. The summed E-state index contributed by atoms with van der Waals surface area (Å²) >= 11 is 0. The van der Waals surface area contributed by atoms with Crippen LogP contribution in [0.15, 0.2) is 36.5 Å². The summed E-state index contributed by atoms with van der Waals surface area (Å²) in [7, 11) is 0. The standard InChI is InChI=1S/C33H39N7O5/c41-21-35-28-5-2-24(18-34-28)38-13-8-22(9-14-38)7-12-37-19-33(20-37)10-15-39(16-11-33)23-1-3-25-26(17-23)32(45)40(31(25)44)27-4-6-29(42)36-30(27)43/h1-3,5,17-18,21-22,27H,4,6-16,19-20H2,(H,34,35,41)(H,36,42,43). The van der Waals surface area contributed by atoms with Crippen LogP contribution in [0, 0.1) is 11.3 Å². The third-order valence-corrected chi connectivity index (χ3v) is 10.5. The molecule has 5 aliphatic rings. The van der Waals surface area contributed by atoms with E-state index in [1.54, 1.807) is 12.1 Å². The highest BCUT2D eigenvalue weighted by atomic mass is 16.2. The first-order valence-electron chi connectivity index (χ1n) is 16.1. The number of fused-ring (bicyclic) bond motifs is 1. The van der Waals surface area contributed by atoms with E-state index in [0.717, 1.165) is 80.8 Å². The number of amides is 5. The van der Waals surface area contributed by atoms with Gasteiger partial charge in [-0.3, -0.25) is 34.2 Å². The van der Waals surface area contributed by atoms with E-state index in [0.29, 0.717) is 28.8 Å². The quantitative estimate of drug-likeness (QED) is 0.340. The maximum atomic E-state index is 13.3. The van der Waals surface area contributed by atoms with Crippen LogP contribution in [-0.4, -0.2) is 96.7 Å². The number of hydrogen-bond donors (Lipinski definition) is 2. The van der Waals surface area contributed by atoms with Gasteiger partial charge < -0.3 is 20.0 Å². The SMILES string of the molecule is O=CNc1ccc(N2CCC(CCN3CC4(CCN(c5ccc6c(c5)C(=O)N(C5CCC(=O)NC5=O)C6=O)CC4)C3)CC2)cn1. The lowest BCUT2D eigenvalue weighted by Crippen LogP contribution is -2.60. The molecule has 0 aliphatic carbocycles. The van der Waals surface area contributed by atoms with Crippen molar-refractivity contribution in [3.63, 3.8) is 0 Å². The van der Waals surface area contributed by atoms with Gasteiger partial charge in [-0.15, -0.1) is 0 Å². The number of anilines is 3. The fourth-order valence-corrected chi connectivity index (χ4v) is 7.84. The largest absolute Gasteiger partial charge is 0.371 e. The molecular formula is C33H39N7O5. The minimum absolute atomic E-state index is 0.110. The number of carbonyl (C=O) groups excluding carboxylic acids is 5. The van der Waals surface area contributed by atoms with Gasteiger partial charge in [0, 0.05) is 51.4 Å². The molecule has 1 aromatic heterocycles. The first-order valence-corrected chi connectivity index (χ1v) is 16.1. The highest BCUT2D eigenvalue weighted by Crippen LogP contribution is 2.42. The molecule has 1 unspecified atom stereocenters. The van der Waals surface area contributed by atoms with Gasteiger partial charge in [-0.05, 0) is 86.7 Å². The third-order valence-electron chi connectivity index (χ3n) is 10.5. The molecule has 5 amide bonds. The Hall–Kier alpha value is -4.32. The Morgan fingerprint density at radius 2 is 1.60 bits per heavy atom. The zero-order valence-electron chi connectivity index (χ0n) is 25.4. The number of carbonyl (C=O) groups is 5. The first kappa shape index (κ1) is 29.4. The number of aromatic nitrogens is 1. The van der Waals surface area contributed by atoms with E-state index < -0.39 is 23.8 Å². The number of piperidine rings is 3. The van der Waals surface area contributed by atoms with Crippen LogP contribution in [0.1, 0.15) is 65.7 Å². The number of hydrogen-bond acceptors (Lipinski definition) is 9. The van der Waals surface area contributed by atoms with E-state index in [1.165, 1.54) is 19.3 Å². The summed E-state index contributed by atoms with van der Waals surface area (Å²) in [6.07, 6.45) is 8.54. The van der Waals surface area contributed by atoms with Crippen molar-refractivity contribution >= 4 is 47.2 Å². The lowest BCUT2D eigenvalue weighted by molar-refractivity contribution is -0.136. The molecule has 4 saturated heterocycles. The van der Waals surface area contributed by atoms with Gasteiger partial charge in [0.05, 0.1) is 23.0 Å². The summed E-state index contributed by atoms with van der Waals surface area (Å²) in [6.45, 7) is 7.31. The number of pyridine rings is 1. The van der Waals surface area contributed by atoms with Gasteiger partial charge in [-0.2, -0.15) is 0 Å². The molecule has 2 N–H and O–H groups in total. The highest BCUT2D eigenvalue weighted by molar-refractivity contribution is 6.23. The van der Waals surface area contributed by atoms with Crippen molar-refractivity contribution in [3.8, 4) is 0 Å². The van der Waals surface area contributed by atoms with Crippen molar-refractivity contribution in [1.82, 2.24) is 20.1 Å². The van der Waals surface area contributed by atoms with E-state index in [1.807, 2.05) is 24.4 Å². The summed E-state index contributed by atoms with van der Waals surface area (Å²) in [5.41, 5.74) is 3.06. The predicted molar refractivity (Wildman–Crippen MR) is 167 cm³/mol. The Kier molecular flexibility index (Phi) is 7.76. The molecule has 4 fully saturated rings. The van der Waals surface area contributed by atoms with Gasteiger partial charge in [-0.25, -0.2) is 4.98 Å². The maximum absolute atomic E-state index is 13.3. The minimum atomic E-state index is -0.947. The second kappa shape index (κ2) is 11.9. The van der Waals surface area contributed by atoms with E-state index in [-0.39, 0.29) is 18.7 Å². The molecule has 7 rings (SSSR count). The zero-order chi connectivity index (χ0) is 31.1. The van der Waals surface area contributed by atoms with Crippen molar-refractivity contribution in [2.45, 2.75) is 51.0 Å². The van der Waals surface area contributed by atoms with Gasteiger partial charge in [0.15, 0.2) is 0 Å². The highest BCUT2D eigenvalue weighted by Gasteiger charge is 2.46. The smallest absolute Gasteiger partial charge is 0.262 e. The number of likely N-dealkylation sites (tertiary alicyclic amines) is 1. The topological polar surface area (TPSA) is 135 Å². The Bertz CT molecular complexity index is 1500. The van der Waals surface area contributed by atoms with Crippen molar-refractivity contribution in [1.29, 1.82) is 0 Å². The van der Waals surface area contributed by atoms with Crippen LogP contribution in [-0.2, 0) is 14.4 Å². The summed E-state index contributed by atoms with van der Waals surface area (Å²) in [6, 6.07) is 8.33. The van der Waals surface area contributed by atoms with E-state index in [9.17, 15) is 24.0 Å². The molecule has 236 valence electrons. The summed E-state index contributed by atoms with van der Waals surface area (Å²) in [5.74, 6) is -0.585.